The number of hydrogen-bond donors (Lipinski definition) is 0. The summed E-state index contributed by atoms with van der Waals surface area (Å²) < 4.78 is 38.2. The maximum absolute atomic E-state index is 12.1. The third-order valence-electron chi connectivity index (χ3n) is 3.05. The Morgan fingerprint density at radius 3 is 2.86 bits per heavy atom. The molecule has 6 nitrogen and oxygen atoms in total. The van der Waals surface area contributed by atoms with Crippen molar-refractivity contribution in [2.24, 2.45) is 0 Å². The Morgan fingerprint density at radius 2 is 2.24 bits per heavy atom. The lowest BCUT2D eigenvalue weighted by Crippen LogP contribution is -2.25. The lowest BCUT2D eigenvalue weighted by atomic mass is 10.0. The van der Waals surface area contributed by atoms with Crippen LogP contribution in [0.25, 0.3) is 0 Å². The average Bonchev–Trinajstić information content (AvgIpc) is 2.80. The molecular weight excluding hydrogens is 320 g/mol. The number of rotatable bonds is 5. The van der Waals surface area contributed by atoms with Crippen LogP contribution in [0.15, 0.2) is 23.1 Å². The van der Waals surface area contributed by atoms with Crippen LogP contribution >= 0.6 is 10.7 Å². The number of benzene rings is 1. The van der Waals surface area contributed by atoms with Crippen molar-refractivity contribution >= 4 is 25.7 Å². The molecule has 8 heteroatoms. The zero-order valence-electron chi connectivity index (χ0n) is 11.5. The minimum Gasteiger partial charge on any atom is -0.492 e. The molecule has 1 aromatic carbocycles. The maximum atomic E-state index is 12.1. The van der Waals surface area contributed by atoms with Crippen molar-refractivity contribution in [2.75, 3.05) is 20.3 Å². The lowest BCUT2D eigenvalue weighted by molar-refractivity contribution is -0.152. The van der Waals surface area contributed by atoms with Gasteiger partial charge in [0.15, 0.2) is 0 Å². The normalized spacial score (nSPS) is 18.7. The number of fused-ring (bicyclic) bond motifs is 1. The van der Waals surface area contributed by atoms with Crippen LogP contribution in [0, 0.1) is 0 Å². The Bertz CT molecular complexity index is 642. The largest absolute Gasteiger partial charge is 0.492 e. The van der Waals surface area contributed by atoms with Crippen LogP contribution in [-0.2, 0) is 23.3 Å². The van der Waals surface area contributed by atoms with Crippen molar-refractivity contribution in [3.05, 3.63) is 23.8 Å². The van der Waals surface area contributed by atoms with Crippen molar-refractivity contribution in [1.82, 2.24) is 0 Å². The quantitative estimate of drug-likeness (QED) is 0.602. The van der Waals surface area contributed by atoms with Gasteiger partial charge in [0.2, 0.25) is 0 Å². The first kappa shape index (κ1) is 16.1. The predicted molar refractivity (Wildman–Crippen MR) is 75.1 cm³/mol. The van der Waals surface area contributed by atoms with Crippen molar-refractivity contribution in [3.8, 4) is 5.75 Å². The molecule has 1 aromatic rings. The fourth-order valence-corrected chi connectivity index (χ4v) is 2.88. The Balaban J connectivity index is 2.22. The molecule has 0 saturated heterocycles. The van der Waals surface area contributed by atoms with E-state index >= 15 is 0 Å². The van der Waals surface area contributed by atoms with Crippen LogP contribution < -0.4 is 4.74 Å². The van der Waals surface area contributed by atoms with Crippen molar-refractivity contribution in [1.29, 1.82) is 0 Å². The van der Waals surface area contributed by atoms with Gasteiger partial charge in [-0.2, -0.15) is 0 Å². The molecule has 0 fully saturated rings. The SMILES string of the molecule is COCC(C)OC(=O)C1COc2ccc(S(=O)(=O)Cl)cc21. The molecule has 2 atom stereocenters. The number of carbonyl (C=O) groups is 1. The maximum Gasteiger partial charge on any atom is 0.317 e. The summed E-state index contributed by atoms with van der Waals surface area (Å²) in [6.45, 7) is 2.10. The van der Waals surface area contributed by atoms with E-state index < -0.39 is 27.0 Å². The number of hydrogen-bond acceptors (Lipinski definition) is 6. The van der Waals surface area contributed by atoms with Crippen LogP contribution in [0.2, 0.25) is 0 Å². The fourth-order valence-electron chi connectivity index (χ4n) is 2.09. The van der Waals surface area contributed by atoms with E-state index in [1.807, 2.05) is 0 Å². The second kappa shape index (κ2) is 6.21. The Morgan fingerprint density at radius 1 is 1.52 bits per heavy atom. The van der Waals surface area contributed by atoms with Gasteiger partial charge in [0.1, 0.15) is 24.4 Å². The number of carbonyl (C=O) groups excluding carboxylic acids is 1. The van der Waals surface area contributed by atoms with E-state index in [9.17, 15) is 13.2 Å². The molecular formula is C13H15ClO6S. The van der Waals surface area contributed by atoms with E-state index in [1.54, 1.807) is 6.92 Å². The third-order valence-corrected chi connectivity index (χ3v) is 4.40. The van der Waals surface area contributed by atoms with Gasteiger partial charge < -0.3 is 14.2 Å². The van der Waals surface area contributed by atoms with Crippen LogP contribution in [0.5, 0.6) is 5.75 Å². The molecule has 2 unspecified atom stereocenters. The van der Waals surface area contributed by atoms with E-state index in [0.717, 1.165) is 0 Å². The molecule has 0 saturated carbocycles. The first-order chi connectivity index (χ1) is 9.82. The first-order valence-corrected chi connectivity index (χ1v) is 8.54. The number of halogens is 1. The monoisotopic (exact) mass is 334 g/mol. The molecule has 0 aromatic heterocycles. The second-order valence-electron chi connectivity index (χ2n) is 4.70. The fraction of sp³-hybridized carbons (Fsp3) is 0.462. The highest BCUT2D eigenvalue weighted by Crippen LogP contribution is 2.37. The van der Waals surface area contributed by atoms with Gasteiger partial charge in [-0.05, 0) is 25.1 Å². The van der Waals surface area contributed by atoms with Gasteiger partial charge >= 0.3 is 5.97 Å². The number of methoxy groups -OCH3 is 1. The number of esters is 1. The van der Waals surface area contributed by atoms with E-state index in [1.165, 1.54) is 25.3 Å². The minimum absolute atomic E-state index is 0.0730. The standard InChI is InChI=1S/C13H15ClO6S/c1-8(6-18-2)20-13(15)11-7-19-12-4-3-9(5-10(11)12)21(14,16)17/h3-5,8,11H,6-7H2,1-2H3. The molecule has 21 heavy (non-hydrogen) atoms. The van der Waals surface area contributed by atoms with E-state index in [2.05, 4.69) is 0 Å². The molecule has 1 aliphatic heterocycles. The molecule has 1 aliphatic rings. The van der Waals surface area contributed by atoms with Gasteiger partial charge in [-0.1, -0.05) is 0 Å². The highest BCUT2D eigenvalue weighted by atomic mass is 35.7. The van der Waals surface area contributed by atoms with Gasteiger partial charge in [0, 0.05) is 23.4 Å². The highest BCUT2D eigenvalue weighted by Gasteiger charge is 2.33. The molecule has 0 spiro atoms. The first-order valence-electron chi connectivity index (χ1n) is 6.23. The molecule has 1 heterocycles. The summed E-state index contributed by atoms with van der Waals surface area (Å²) in [6, 6.07) is 4.16. The Kier molecular flexibility index (Phi) is 4.75. The smallest absolute Gasteiger partial charge is 0.317 e. The molecule has 0 bridgehead atoms. The molecule has 2 rings (SSSR count). The van der Waals surface area contributed by atoms with Crippen LogP contribution in [0.3, 0.4) is 0 Å². The summed E-state index contributed by atoms with van der Waals surface area (Å²) in [5.74, 6) is -0.694. The van der Waals surface area contributed by atoms with Gasteiger partial charge in [0.25, 0.3) is 9.05 Å². The van der Waals surface area contributed by atoms with Crippen LogP contribution in [0.4, 0.5) is 0 Å². The topological polar surface area (TPSA) is 78.9 Å². The molecule has 0 aliphatic carbocycles. The van der Waals surface area contributed by atoms with Crippen molar-refractivity contribution in [2.45, 2.75) is 23.8 Å². The molecule has 0 amide bonds. The lowest BCUT2D eigenvalue weighted by Gasteiger charge is -2.15. The Labute approximate surface area is 127 Å². The summed E-state index contributed by atoms with van der Waals surface area (Å²) >= 11 is 0. The highest BCUT2D eigenvalue weighted by molar-refractivity contribution is 8.13. The van der Waals surface area contributed by atoms with Gasteiger partial charge in [-0.25, -0.2) is 8.42 Å². The van der Waals surface area contributed by atoms with Crippen LogP contribution in [0.1, 0.15) is 18.4 Å². The summed E-state index contributed by atoms with van der Waals surface area (Å²) in [4.78, 5) is 12.0. The predicted octanol–water partition coefficient (Wildman–Crippen LogP) is 1.67. The third kappa shape index (κ3) is 3.66. The molecule has 116 valence electrons. The van der Waals surface area contributed by atoms with Gasteiger partial charge in [0.05, 0.1) is 11.5 Å². The van der Waals surface area contributed by atoms with Gasteiger partial charge in [-0.3, -0.25) is 4.79 Å². The van der Waals surface area contributed by atoms with E-state index in [0.29, 0.717) is 11.3 Å². The second-order valence-corrected chi connectivity index (χ2v) is 7.27. The minimum atomic E-state index is -3.86. The summed E-state index contributed by atoms with van der Waals surface area (Å²) in [6.07, 6.45) is -0.397. The van der Waals surface area contributed by atoms with E-state index in [4.69, 9.17) is 24.9 Å². The molecule has 0 radical (unpaired) electrons. The molecule has 0 N–H and O–H groups in total. The van der Waals surface area contributed by atoms with Crippen LogP contribution in [-0.4, -0.2) is 40.8 Å². The summed E-state index contributed by atoms with van der Waals surface area (Å²) in [5, 5.41) is 0. The summed E-state index contributed by atoms with van der Waals surface area (Å²) in [5.41, 5.74) is 0.464. The zero-order valence-corrected chi connectivity index (χ0v) is 13.1. The zero-order chi connectivity index (χ0) is 15.6. The Hall–Kier alpha value is -1.31. The van der Waals surface area contributed by atoms with E-state index in [-0.39, 0.29) is 18.1 Å². The average molecular weight is 335 g/mol. The summed E-state index contributed by atoms with van der Waals surface area (Å²) in [7, 11) is 2.96. The van der Waals surface area contributed by atoms with Gasteiger partial charge in [-0.15, -0.1) is 0 Å². The number of ether oxygens (including phenoxy) is 3. The van der Waals surface area contributed by atoms with Crippen molar-refractivity contribution < 1.29 is 27.4 Å². The van der Waals surface area contributed by atoms with Crippen molar-refractivity contribution in [3.63, 3.8) is 0 Å².